The quantitative estimate of drug-likeness (QED) is 0.311. The van der Waals surface area contributed by atoms with Gasteiger partial charge in [0.2, 0.25) is 5.95 Å². The van der Waals surface area contributed by atoms with E-state index in [1.807, 2.05) is 0 Å². The maximum atomic E-state index is 14.1. The molecule has 12 heteroatoms. The second-order valence-electron chi connectivity index (χ2n) is 7.46. The molecule has 8 nitrogen and oxygen atoms in total. The van der Waals surface area contributed by atoms with E-state index in [9.17, 15) is 17.6 Å². The number of pyridine rings is 1. The Bertz CT molecular complexity index is 1180. The summed E-state index contributed by atoms with van der Waals surface area (Å²) in [6.07, 6.45) is -0.409. The van der Waals surface area contributed by atoms with Gasteiger partial charge in [-0.15, -0.1) is 0 Å². The maximum absolute atomic E-state index is 14.1. The Morgan fingerprint density at radius 3 is 2.62 bits per heavy atom. The minimum Gasteiger partial charge on any atom is -0.378 e. The van der Waals surface area contributed by atoms with Crippen LogP contribution in [-0.4, -0.2) is 47.5 Å². The first-order chi connectivity index (χ1) is 16.3. The van der Waals surface area contributed by atoms with Crippen LogP contribution < -0.4 is 15.6 Å². The summed E-state index contributed by atoms with van der Waals surface area (Å²) in [7, 11) is 0. The molecule has 0 unspecified atom stereocenters. The topological polar surface area (TPSA) is 87.6 Å². The number of ether oxygens (including phenoxy) is 1. The molecule has 0 aliphatic carbocycles. The van der Waals surface area contributed by atoms with Gasteiger partial charge in [-0.1, -0.05) is 6.07 Å². The Hall–Kier alpha value is -3.80. The number of halogens is 4. The van der Waals surface area contributed by atoms with Gasteiger partial charge in [0.05, 0.1) is 48.8 Å². The lowest BCUT2D eigenvalue weighted by molar-refractivity contribution is -0.137. The molecule has 1 fully saturated rings. The largest absolute Gasteiger partial charge is 0.416 e. The van der Waals surface area contributed by atoms with Gasteiger partial charge in [0, 0.05) is 18.8 Å². The van der Waals surface area contributed by atoms with Crippen molar-refractivity contribution in [1.82, 2.24) is 15.0 Å². The third-order valence-electron chi connectivity index (χ3n) is 4.98. The Balaban J connectivity index is 1.42. The van der Waals surface area contributed by atoms with Gasteiger partial charge in [-0.3, -0.25) is 4.98 Å². The zero-order valence-corrected chi connectivity index (χ0v) is 18.1. The number of benzene rings is 1. The predicted molar refractivity (Wildman–Crippen MR) is 120 cm³/mol. The molecule has 2 N–H and O–H groups in total. The molecule has 0 atom stereocenters. The summed E-state index contributed by atoms with van der Waals surface area (Å²) in [6, 6.07) is 6.65. The number of aryl methyl sites for hydroxylation is 1. The molecule has 1 saturated heterocycles. The van der Waals surface area contributed by atoms with Crippen molar-refractivity contribution < 1.29 is 22.3 Å². The van der Waals surface area contributed by atoms with Crippen LogP contribution >= 0.6 is 0 Å². The molecule has 3 aromatic rings. The molecule has 1 aliphatic rings. The van der Waals surface area contributed by atoms with E-state index in [0.29, 0.717) is 43.4 Å². The molecule has 1 aliphatic heterocycles. The summed E-state index contributed by atoms with van der Waals surface area (Å²) in [5.74, 6) is -0.229. The number of anilines is 4. The SMILES string of the molecule is Cc1cc(Nc2cccc(C(F)(F)F)c2)cnc1/C=N/Nc1ncc(F)c(N2CCOCC2)n1. The van der Waals surface area contributed by atoms with Crippen molar-refractivity contribution in [3.8, 4) is 0 Å². The molecule has 34 heavy (non-hydrogen) atoms. The van der Waals surface area contributed by atoms with Crippen LogP contribution in [0.25, 0.3) is 0 Å². The molecule has 1 aromatic carbocycles. The molecule has 2 aromatic heterocycles. The Kier molecular flexibility index (Phi) is 6.87. The highest BCUT2D eigenvalue weighted by Crippen LogP contribution is 2.31. The van der Waals surface area contributed by atoms with E-state index in [2.05, 4.69) is 30.8 Å². The summed E-state index contributed by atoms with van der Waals surface area (Å²) >= 11 is 0. The lowest BCUT2D eigenvalue weighted by atomic mass is 10.1. The van der Waals surface area contributed by atoms with Crippen LogP contribution in [0.4, 0.5) is 40.7 Å². The first-order valence-electron chi connectivity index (χ1n) is 10.3. The van der Waals surface area contributed by atoms with Gasteiger partial charge in [-0.2, -0.15) is 23.3 Å². The number of alkyl halides is 3. The molecule has 0 spiro atoms. The molecule has 3 heterocycles. The van der Waals surface area contributed by atoms with Gasteiger partial charge < -0.3 is 15.0 Å². The summed E-state index contributed by atoms with van der Waals surface area (Å²) in [4.78, 5) is 14.1. The van der Waals surface area contributed by atoms with Crippen molar-refractivity contribution in [2.75, 3.05) is 41.9 Å². The summed E-state index contributed by atoms with van der Waals surface area (Å²) in [5.41, 5.74) is 4.00. The van der Waals surface area contributed by atoms with Gasteiger partial charge in [-0.05, 0) is 36.8 Å². The van der Waals surface area contributed by atoms with Gasteiger partial charge in [-0.25, -0.2) is 14.8 Å². The van der Waals surface area contributed by atoms with Gasteiger partial charge in [0.1, 0.15) is 0 Å². The molecule has 4 rings (SSSR count). The average Bonchev–Trinajstić information content (AvgIpc) is 2.82. The molecule has 0 radical (unpaired) electrons. The number of rotatable bonds is 6. The first kappa shape index (κ1) is 23.4. The lowest BCUT2D eigenvalue weighted by Crippen LogP contribution is -2.37. The monoisotopic (exact) mass is 475 g/mol. The lowest BCUT2D eigenvalue weighted by Gasteiger charge is -2.27. The van der Waals surface area contributed by atoms with Crippen molar-refractivity contribution in [2.45, 2.75) is 13.1 Å². The van der Waals surface area contributed by atoms with Crippen LogP contribution in [0.1, 0.15) is 16.8 Å². The third-order valence-corrected chi connectivity index (χ3v) is 4.98. The highest BCUT2D eigenvalue weighted by Gasteiger charge is 2.30. The van der Waals surface area contributed by atoms with Crippen LogP contribution in [0, 0.1) is 12.7 Å². The summed E-state index contributed by atoms with van der Waals surface area (Å²) < 4.78 is 58.1. The van der Waals surface area contributed by atoms with Gasteiger partial charge in [0.25, 0.3) is 0 Å². The Labute approximate surface area is 192 Å². The zero-order chi connectivity index (χ0) is 24.1. The number of hydrogen-bond donors (Lipinski definition) is 2. The fourth-order valence-corrected chi connectivity index (χ4v) is 3.29. The van der Waals surface area contributed by atoms with Crippen molar-refractivity contribution in [3.05, 3.63) is 65.4 Å². The highest BCUT2D eigenvalue weighted by molar-refractivity contribution is 5.80. The number of nitrogens with one attached hydrogen (secondary N) is 2. The fraction of sp³-hybridized carbons (Fsp3) is 0.273. The van der Waals surface area contributed by atoms with Crippen LogP contribution in [0.3, 0.4) is 0 Å². The van der Waals surface area contributed by atoms with Crippen molar-refractivity contribution in [1.29, 1.82) is 0 Å². The second kappa shape index (κ2) is 10.00. The molecule has 0 saturated carbocycles. The Morgan fingerprint density at radius 1 is 1.09 bits per heavy atom. The molecular weight excluding hydrogens is 454 g/mol. The van der Waals surface area contributed by atoms with Crippen LogP contribution in [-0.2, 0) is 10.9 Å². The van der Waals surface area contributed by atoms with E-state index in [1.54, 1.807) is 17.9 Å². The number of morpholine rings is 1. The average molecular weight is 475 g/mol. The van der Waals surface area contributed by atoms with Gasteiger partial charge in [0.15, 0.2) is 11.6 Å². The Morgan fingerprint density at radius 2 is 1.88 bits per heavy atom. The van der Waals surface area contributed by atoms with Crippen LogP contribution in [0.2, 0.25) is 0 Å². The molecule has 178 valence electrons. The van der Waals surface area contributed by atoms with Crippen LogP contribution in [0.15, 0.2) is 47.8 Å². The van der Waals surface area contributed by atoms with Crippen molar-refractivity contribution in [3.63, 3.8) is 0 Å². The van der Waals surface area contributed by atoms with E-state index in [0.717, 1.165) is 23.9 Å². The van der Waals surface area contributed by atoms with E-state index in [-0.39, 0.29) is 11.8 Å². The van der Waals surface area contributed by atoms with E-state index in [4.69, 9.17) is 4.74 Å². The summed E-state index contributed by atoms with van der Waals surface area (Å²) in [6.45, 7) is 3.83. The minimum absolute atomic E-state index is 0.125. The zero-order valence-electron chi connectivity index (χ0n) is 18.1. The van der Waals surface area contributed by atoms with E-state index in [1.165, 1.54) is 24.5 Å². The minimum atomic E-state index is -4.42. The fourth-order valence-electron chi connectivity index (χ4n) is 3.29. The third kappa shape index (κ3) is 5.76. The molecule has 0 amide bonds. The number of nitrogens with zero attached hydrogens (tertiary/aromatic N) is 5. The van der Waals surface area contributed by atoms with Crippen LogP contribution in [0.5, 0.6) is 0 Å². The molecule has 0 bridgehead atoms. The second-order valence-corrected chi connectivity index (χ2v) is 7.46. The van der Waals surface area contributed by atoms with E-state index >= 15 is 0 Å². The smallest absolute Gasteiger partial charge is 0.378 e. The molecular formula is C22H21F4N7O. The number of hydrazone groups is 1. The van der Waals surface area contributed by atoms with Gasteiger partial charge >= 0.3 is 6.18 Å². The van der Waals surface area contributed by atoms with Crippen molar-refractivity contribution in [2.24, 2.45) is 5.10 Å². The maximum Gasteiger partial charge on any atom is 0.416 e. The predicted octanol–water partition coefficient (Wildman–Crippen LogP) is 4.36. The first-order valence-corrected chi connectivity index (χ1v) is 10.3. The van der Waals surface area contributed by atoms with E-state index < -0.39 is 17.6 Å². The summed E-state index contributed by atoms with van der Waals surface area (Å²) in [5, 5.41) is 6.98. The number of aromatic nitrogens is 3. The highest BCUT2D eigenvalue weighted by atomic mass is 19.4. The standard InChI is InChI=1S/C22H21F4N7O/c1-14-9-17(30-16-4-2-3-15(10-16)22(24,25)26)11-27-19(14)13-29-32-21-28-12-18(23)20(31-21)33-5-7-34-8-6-33/h2-4,9-13,30H,5-8H2,1H3,(H,28,31,32)/b29-13+. The van der Waals surface area contributed by atoms with Crippen molar-refractivity contribution >= 4 is 29.4 Å². The number of hydrogen-bond acceptors (Lipinski definition) is 8. The normalized spacial score (nSPS) is 14.4.